The summed E-state index contributed by atoms with van der Waals surface area (Å²) in [4.78, 5) is 22.6. The SMILES string of the molecule is COC(=O)CCNC(=O)C1CCC(CN)CC1. The highest BCUT2D eigenvalue weighted by atomic mass is 16.5. The number of hydrogen-bond donors (Lipinski definition) is 2. The molecule has 1 rings (SSSR count). The molecule has 0 atom stereocenters. The van der Waals surface area contributed by atoms with Crippen molar-refractivity contribution in [1.82, 2.24) is 5.32 Å². The number of nitrogens with one attached hydrogen (secondary N) is 1. The van der Waals surface area contributed by atoms with Crippen molar-refractivity contribution in [3.63, 3.8) is 0 Å². The number of hydrogen-bond acceptors (Lipinski definition) is 4. The first kappa shape index (κ1) is 14.0. The molecular formula is C12H22N2O3. The van der Waals surface area contributed by atoms with Crippen LogP contribution in [0.5, 0.6) is 0 Å². The van der Waals surface area contributed by atoms with Gasteiger partial charge in [0.15, 0.2) is 0 Å². The van der Waals surface area contributed by atoms with E-state index in [0.717, 1.165) is 32.2 Å². The van der Waals surface area contributed by atoms with Crippen molar-refractivity contribution in [1.29, 1.82) is 0 Å². The molecule has 1 aliphatic rings. The smallest absolute Gasteiger partial charge is 0.307 e. The number of amides is 1. The fourth-order valence-electron chi connectivity index (χ4n) is 2.19. The summed E-state index contributed by atoms with van der Waals surface area (Å²) in [6, 6.07) is 0. The summed E-state index contributed by atoms with van der Waals surface area (Å²) in [5.74, 6) is 0.436. The molecule has 1 fully saturated rings. The van der Waals surface area contributed by atoms with Gasteiger partial charge >= 0.3 is 5.97 Å². The van der Waals surface area contributed by atoms with Crippen LogP contribution in [0.3, 0.4) is 0 Å². The topological polar surface area (TPSA) is 81.4 Å². The second kappa shape index (κ2) is 7.27. The maximum Gasteiger partial charge on any atom is 0.307 e. The average Bonchev–Trinajstić information content (AvgIpc) is 2.38. The molecule has 3 N–H and O–H groups in total. The third-order valence-corrected chi connectivity index (χ3v) is 3.41. The first-order valence-electron chi connectivity index (χ1n) is 6.22. The van der Waals surface area contributed by atoms with E-state index in [2.05, 4.69) is 10.1 Å². The number of carbonyl (C=O) groups excluding carboxylic acids is 2. The van der Waals surface area contributed by atoms with Gasteiger partial charge in [-0.3, -0.25) is 9.59 Å². The van der Waals surface area contributed by atoms with Crippen LogP contribution < -0.4 is 11.1 Å². The van der Waals surface area contributed by atoms with Crippen molar-refractivity contribution in [2.75, 3.05) is 20.2 Å². The number of nitrogens with two attached hydrogens (primary N) is 1. The van der Waals surface area contributed by atoms with Crippen LogP contribution in [-0.2, 0) is 14.3 Å². The Balaban J connectivity index is 2.18. The van der Waals surface area contributed by atoms with E-state index < -0.39 is 0 Å². The fourth-order valence-corrected chi connectivity index (χ4v) is 2.19. The molecule has 5 nitrogen and oxygen atoms in total. The molecule has 0 aromatic carbocycles. The molecule has 0 aromatic rings. The lowest BCUT2D eigenvalue weighted by Gasteiger charge is -2.26. The lowest BCUT2D eigenvalue weighted by Crippen LogP contribution is -2.35. The predicted octanol–water partition coefficient (Wildman–Crippen LogP) is 0.431. The van der Waals surface area contributed by atoms with Crippen LogP contribution in [0, 0.1) is 11.8 Å². The monoisotopic (exact) mass is 242 g/mol. The second-order valence-corrected chi connectivity index (χ2v) is 4.57. The predicted molar refractivity (Wildman–Crippen MR) is 64.1 cm³/mol. The minimum atomic E-state index is -0.294. The largest absolute Gasteiger partial charge is 0.469 e. The van der Waals surface area contributed by atoms with Gasteiger partial charge in [0.1, 0.15) is 0 Å². The number of esters is 1. The molecule has 0 heterocycles. The molecule has 0 aromatic heterocycles. The Kier molecular flexibility index (Phi) is 5.97. The van der Waals surface area contributed by atoms with Crippen LogP contribution in [-0.4, -0.2) is 32.1 Å². The molecule has 0 spiro atoms. The number of rotatable bonds is 5. The number of ether oxygens (including phenoxy) is 1. The Morgan fingerprint density at radius 2 is 1.94 bits per heavy atom. The zero-order valence-electron chi connectivity index (χ0n) is 10.4. The van der Waals surface area contributed by atoms with E-state index in [9.17, 15) is 9.59 Å². The van der Waals surface area contributed by atoms with E-state index in [0.29, 0.717) is 12.5 Å². The Labute approximate surface area is 102 Å². The molecule has 5 heteroatoms. The number of carbonyl (C=O) groups is 2. The average molecular weight is 242 g/mol. The zero-order valence-corrected chi connectivity index (χ0v) is 10.4. The lowest BCUT2D eigenvalue weighted by molar-refractivity contribution is -0.140. The second-order valence-electron chi connectivity index (χ2n) is 4.57. The van der Waals surface area contributed by atoms with E-state index in [1.807, 2.05) is 0 Å². The molecule has 0 aliphatic heterocycles. The molecule has 0 saturated heterocycles. The highest BCUT2D eigenvalue weighted by molar-refractivity contribution is 5.79. The minimum Gasteiger partial charge on any atom is -0.469 e. The van der Waals surface area contributed by atoms with Crippen LogP contribution >= 0.6 is 0 Å². The molecule has 98 valence electrons. The molecule has 1 aliphatic carbocycles. The molecule has 1 saturated carbocycles. The van der Waals surface area contributed by atoms with Crippen molar-refractivity contribution in [2.24, 2.45) is 17.6 Å². The van der Waals surface area contributed by atoms with Gasteiger partial charge in [0.25, 0.3) is 0 Å². The van der Waals surface area contributed by atoms with Crippen molar-refractivity contribution < 1.29 is 14.3 Å². The van der Waals surface area contributed by atoms with Gasteiger partial charge in [0, 0.05) is 12.5 Å². The Bertz CT molecular complexity index is 260. The summed E-state index contributed by atoms with van der Waals surface area (Å²) in [6.45, 7) is 1.08. The van der Waals surface area contributed by atoms with E-state index >= 15 is 0 Å². The van der Waals surface area contributed by atoms with Crippen molar-refractivity contribution in [2.45, 2.75) is 32.1 Å². The molecule has 0 bridgehead atoms. The van der Waals surface area contributed by atoms with Crippen LogP contribution in [0.2, 0.25) is 0 Å². The molecule has 0 radical (unpaired) electrons. The highest BCUT2D eigenvalue weighted by Gasteiger charge is 2.25. The molecular weight excluding hydrogens is 220 g/mol. The van der Waals surface area contributed by atoms with Gasteiger partial charge in [-0.15, -0.1) is 0 Å². The Hall–Kier alpha value is -1.10. The van der Waals surface area contributed by atoms with Crippen molar-refractivity contribution in [3.05, 3.63) is 0 Å². The van der Waals surface area contributed by atoms with Crippen LogP contribution in [0.25, 0.3) is 0 Å². The highest BCUT2D eigenvalue weighted by Crippen LogP contribution is 2.27. The summed E-state index contributed by atoms with van der Waals surface area (Å²) in [7, 11) is 1.35. The molecule has 17 heavy (non-hydrogen) atoms. The maximum absolute atomic E-state index is 11.8. The van der Waals surface area contributed by atoms with Crippen LogP contribution in [0.1, 0.15) is 32.1 Å². The summed E-state index contributed by atoms with van der Waals surface area (Å²) < 4.78 is 4.50. The fraction of sp³-hybridized carbons (Fsp3) is 0.833. The van der Waals surface area contributed by atoms with E-state index in [-0.39, 0.29) is 24.2 Å². The zero-order chi connectivity index (χ0) is 12.7. The third-order valence-electron chi connectivity index (χ3n) is 3.41. The molecule has 1 amide bonds. The van der Waals surface area contributed by atoms with Crippen molar-refractivity contribution in [3.8, 4) is 0 Å². The van der Waals surface area contributed by atoms with Gasteiger partial charge in [-0.25, -0.2) is 0 Å². The van der Waals surface area contributed by atoms with Crippen LogP contribution in [0.4, 0.5) is 0 Å². The third kappa shape index (κ3) is 4.73. The standard InChI is InChI=1S/C12H22N2O3/c1-17-11(15)6-7-14-12(16)10-4-2-9(8-13)3-5-10/h9-10H,2-8,13H2,1H3,(H,14,16). The van der Waals surface area contributed by atoms with Gasteiger partial charge < -0.3 is 15.8 Å². The Morgan fingerprint density at radius 1 is 1.29 bits per heavy atom. The van der Waals surface area contributed by atoms with Gasteiger partial charge in [-0.2, -0.15) is 0 Å². The van der Waals surface area contributed by atoms with E-state index in [4.69, 9.17) is 5.73 Å². The van der Waals surface area contributed by atoms with E-state index in [1.54, 1.807) is 0 Å². The normalized spacial score (nSPS) is 24.1. The lowest BCUT2D eigenvalue weighted by atomic mass is 9.81. The van der Waals surface area contributed by atoms with Gasteiger partial charge in [0.05, 0.1) is 13.5 Å². The summed E-state index contributed by atoms with van der Waals surface area (Å²) in [5, 5.41) is 2.78. The summed E-state index contributed by atoms with van der Waals surface area (Å²) >= 11 is 0. The first-order chi connectivity index (χ1) is 8.17. The summed E-state index contributed by atoms with van der Waals surface area (Å²) in [6.07, 6.45) is 4.12. The number of methoxy groups -OCH3 is 1. The first-order valence-corrected chi connectivity index (χ1v) is 6.22. The van der Waals surface area contributed by atoms with Crippen LogP contribution in [0.15, 0.2) is 0 Å². The maximum atomic E-state index is 11.8. The Morgan fingerprint density at radius 3 is 2.47 bits per heavy atom. The van der Waals surface area contributed by atoms with Gasteiger partial charge in [0.2, 0.25) is 5.91 Å². The molecule has 0 unspecified atom stereocenters. The summed E-state index contributed by atoms with van der Waals surface area (Å²) in [5.41, 5.74) is 5.60. The van der Waals surface area contributed by atoms with E-state index in [1.165, 1.54) is 7.11 Å². The van der Waals surface area contributed by atoms with Gasteiger partial charge in [-0.05, 0) is 38.1 Å². The minimum absolute atomic E-state index is 0.0596. The van der Waals surface area contributed by atoms with Gasteiger partial charge in [-0.1, -0.05) is 0 Å². The quantitative estimate of drug-likeness (QED) is 0.685. The van der Waals surface area contributed by atoms with Crippen molar-refractivity contribution >= 4 is 11.9 Å².